The third-order valence-corrected chi connectivity index (χ3v) is 0.986. The van der Waals surface area contributed by atoms with Crippen LogP contribution in [0.15, 0.2) is 24.0 Å². The number of halogens is 1. The standard InChI is InChI=1S/C6H6O3.BrH/c7-6(8)5-2-1-3-9-4-5;/h1-3H,4H2,(H,7,8);1H. The molecular formula is C6H7BrO3. The van der Waals surface area contributed by atoms with E-state index in [9.17, 15) is 4.79 Å². The van der Waals surface area contributed by atoms with Crippen LogP contribution in [0, 0.1) is 0 Å². The normalized spacial score (nSPS) is 14.6. The van der Waals surface area contributed by atoms with E-state index < -0.39 is 5.97 Å². The molecule has 56 valence electrons. The van der Waals surface area contributed by atoms with E-state index in [0.717, 1.165) is 0 Å². The molecule has 0 spiro atoms. The molecule has 1 aliphatic heterocycles. The molecule has 0 saturated heterocycles. The lowest BCUT2D eigenvalue weighted by molar-refractivity contribution is -0.133. The van der Waals surface area contributed by atoms with Crippen molar-refractivity contribution in [1.82, 2.24) is 0 Å². The van der Waals surface area contributed by atoms with Crippen LogP contribution in [0.5, 0.6) is 0 Å². The first-order valence-corrected chi connectivity index (χ1v) is 2.51. The molecule has 1 N–H and O–H groups in total. The number of carbonyl (C=O) groups is 1. The van der Waals surface area contributed by atoms with Gasteiger partial charge in [0.05, 0.1) is 11.8 Å². The van der Waals surface area contributed by atoms with E-state index in [4.69, 9.17) is 9.84 Å². The van der Waals surface area contributed by atoms with Crippen LogP contribution in [0.25, 0.3) is 0 Å². The van der Waals surface area contributed by atoms with Crippen LogP contribution >= 0.6 is 17.0 Å². The highest BCUT2D eigenvalue weighted by Gasteiger charge is 2.06. The molecule has 0 atom stereocenters. The monoisotopic (exact) mass is 206 g/mol. The molecule has 3 nitrogen and oxygen atoms in total. The lowest BCUT2D eigenvalue weighted by Crippen LogP contribution is -2.07. The zero-order chi connectivity index (χ0) is 6.69. The molecular weight excluding hydrogens is 200 g/mol. The zero-order valence-corrected chi connectivity index (χ0v) is 6.82. The molecule has 4 heteroatoms. The fraction of sp³-hybridized carbons (Fsp3) is 0.167. The lowest BCUT2D eigenvalue weighted by atomic mass is 10.2. The van der Waals surface area contributed by atoms with Crippen LogP contribution in [0.4, 0.5) is 0 Å². The fourth-order valence-electron chi connectivity index (χ4n) is 0.530. The first-order chi connectivity index (χ1) is 4.30. The van der Waals surface area contributed by atoms with Gasteiger partial charge in [0.25, 0.3) is 0 Å². The maximum absolute atomic E-state index is 10.2. The molecule has 0 aromatic rings. The van der Waals surface area contributed by atoms with E-state index in [1.54, 1.807) is 6.08 Å². The van der Waals surface area contributed by atoms with Gasteiger partial charge in [-0.25, -0.2) is 4.79 Å². The Morgan fingerprint density at radius 2 is 2.40 bits per heavy atom. The minimum atomic E-state index is -0.917. The number of aliphatic carboxylic acids is 1. The summed E-state index contributed by atoms with van der Waals surface area (Å²) in [5, 5.41) is 8.36. The van der Waals surface area contributed by atoms with Gasteiger partial charge >= 0.3 is 5.97 Å². The summed E-state index contributed by atoms with van der Waals surface area (Å²) >= 11 is 0. The van der Waals surface area contributed by atoms with Gasteiger partial charge in [0.2, 0.25) is 0 Å². The third-order valence-electron chi connectivity index (χ3n) is 0.986. The smallest absolute Gasteiger partial charge is 0.335 e. The average Bonchev–Trinajstić information content (AvgIpc) is 1.90. The van der Waals surface area contributed by atoms with Gasteiger partial charge in [0.1, 0.15) is 6.61 Å². The van der Waals surface area contributed by atoms with Gasteiger partial charge < -0.3 is 9.84 Å². The van der Waals surface area contributed by atoms with Crippen molar-refractivity contribution in [2.24, 2.45) is 0 Å². The predicted octanol–water partition coefficient (Wildman–Crippen LogP) is 1.12. The fourth-order valence-corrected chi connectivity index (χ4v) is 0.530. The third kappa shape index (κ3) is 2.23. The van der Waals surface area contributed by atoms with Crippen molar-refractivity contribution in [2.75, 3.05) is 6.61 Å². The number of allylic oxidation sites excluding steroid dienone is 2. The van der Waals surface area contributed by atoms with Gasteiger partial charge in [0.15, 0.2) is 0 Å². The average molecular weight is 207 g/mol. The van der Waals surface area contributed by atoms with Crippen molar-refractivity contribution in [3.8, 4) is 0 Å². The summed E-state index contributed by atoms with van der Waals surface area (Å²) in [7, 11) is 0. The molecule has 0 saturated carbocycles. The number of carboxylic acid groups (broad SMARTS) is 1. The van der Waals surface area contributed by atoms with Gasteiger partial charge in [-0.3, -0.25) is 0 Å². The van der Waals surface area contributed by atoms with Gasteiger partial charge in [-0.05, 0) is 12.2 Å². The van der Waals surface area contributed by atoms with Crippen molar-refractivity contribution < 1.29 is 14.6 Å². The Morgan fingerprint density at radius 1 is 1.70 bits per heavy atom. The molecule has 0 fully saturated rings. The molecule has 0 aliphatic carbocycles. The van der Waals surface area contributed by atoms with E-state index in [-0.39, 0.29) is 29.2 Å². The maximum atomic E-state index is 10.2. The van der Waals surface area contributed by atoms with Crippen LogP contribution in [-0.4, -0.2) is 17.7 Å². The van der Waals surface area contributed by atoms with Crippen LogP contribution < -0.4 is 0 Å². The summed E-state index contributed by atoms with van der Waals surface area (Å²) in [4.78, 5) is 10.2. The summed E-state index contributed by atoms with van der Waals surface area (Å²) in [5.41, 5.74) is 0.289. The lowest BCUT2D eigenvalue weighted by Gasteiger charge is -2.03. The van der Waals surface area contributed by atoms with E-state index in [1.165, 1.54) is 12.3 Å². The first kappa shape index (κ1) is 9.23. The van der Waals surface area contributed by atoms with E-state index in [0.29, 0.717) is 0 Å². The molecule has 0 unspecified atom stereocenters. The summed E-state index contributed by atoms with van der Waals surface area (Å²) in [5.74, 6) is -0.917. The van der Waals surface area contributed by atoms with Crippen molar-refractivity contribution in [1.29, 1.82) is 0 Å². The summed E-state index contributed by atoms with van der Waals surface area (Å²) < 4.78 is 4.71. The van der Waals surface area contributed by atoms with Gasteiger partial charge in [-0.1, -0.05) is 0 Å². The summed E-state index contributed by atoms with van der Waals surface area (Å²) in [6.45, 7) is 0.172. The predicted molar refractivity (Wildman–Crippen MR) is 41.1 cm³/mol. The Labute approximate surface area is 68.8 Å². The molecule has 10 heavy (non-hydrogen) atoms. The number of carboxylic acids is 1. The maximum Gasteiger partial charge on any atom is 0.335 e. The number of hydrogen-bond donors (Lipinski definition) is 1. The largest absolute Gasteiger partial charge is 0.496 e. The highest BCUT2D eigenvalue weighted by molar-refractivity contribution is 8.93. The Bertz CT molecular complexity index is 183. The molecule has 0 radical (unpaired) electrons. The molecule has 1 heterocycles. The van der Waals surface area contributed by atoms with Crippen molar-refractivity contribution >= 4 is 23.0 Å². The molecule has 0 amide bonds. The Kier molecular flexibility index (Phi) is 3.79. The van der Waals surface area contributed by atoms with E-state index >= 15 is 0 Å². The van der Waals surface area contributed by atoms with E-state index in [2.05, 4.69) is 0 Å². The van der Waals surface area contributed by atoms with Gasteiger partial charge in [-0.15, -0.1) is 17.0 Å². The van der Waals surface area contributed by atoms with Crippen LogP contribution in [-0.2, 0) is 9.53 Å². The molecule has 1 rings (SSSR count). The van der Waals surface area contributed by atoms with Gasteiger partial charge in [0, 0.05) is 0 Å². The second kappa shape index (κ2) is 4.11. The highest BCUT2D eigenvalue weighted by atomic mass is 79.9. The second-order valence-corrected chi connectivity index (χ2v) is 1.64. The Balaban J connectivity index is 0.000000810. The molecule has 0 aromatic heterocycles. The van der Waals surface area contributed by atoms with Crippen LogP contribution in [0.3, 0.4) is 0 Å². The minimum absolute atomic E-state index is 0. The SMILES string of the molecule is Br.O=C(O)C1=CC=COC1. The minimum Gasteiger partial charge on any atom is -0.496 e. The summed E-state index contributed by atoms with van der Waals surface area (Å²) in [6.07, 6.45) is 4.55. The summed E-state index contributed by atoms with van der Waals surface area (Å²) in [6, 6.07) is 0. The number of hydrogen-bond acceptors (Lipinski definition) is 2. The van der Waals surface area contributed by atoms with Crippen molar-refractivity contribution in [3.63, 3.8) is 0 Å². The van der Waals surface area contributed by atoms with Crippen LogP contribution in [0.2, 0.25) is 0 Å². The number of rotatable bonds is 1. The highest BCUT2D eigenvalue weighted by Crippen LogP contribution is 2.01. The second-order valence-electron chi connectivity index (χ2n) is 1.64. The molecule has 0 aromatic carbocycles. The first-order valence-electron chi connectivity index (χ1n) is 2.51. The molecule has 1 aliphatic rings. The van der Waals surface area contributed by atoms with Gasteiger partial charge in [-0.2, -0.15) is 0 Å². The Morgan fingerprint density at radius 3 is 2.70 bits per heavy atom. The zero-order valence-electron chi connectivity index (χ0n) is 5.11. The topological polar surface area (TPSA) is 46.5 Å². The van der Waals surface area contributed by atoms with Crippen LogP contribution in [0.1, 0.15) is 0 Å². The van der Waals surface area contributed by atoms with Crippen molar-refractivity contribution in [2.45, 2.75) is 0 Å². The Hall–Kier alpha value is -0.770. The molecule has 0 bridgehead atoms. The quantitative estimate of drug-likeness (QED) is 0.700. The van der Waals surface area contributed by atoms with Crippen molar-refractivity contribution in [3.05, 3.63) is 24.0 Å². The van der Waals surface area contributed by atoms with E-state index in [1.807, 2.05) is 0 Å². The number of ether oxygens (including phenoxy) is 1.